The third-order valence-corrected chi connectivity index (χ3v) is 3.35. The number of hydrogen-bond donors (Lipinski definition) is 2. The minimum Gasteiger partial charge on any atom is -0.343 e. The Morgan fingerprint density at radius 1 is 0.917 bits per heavy atom. The molecule has 2 N–H and O–H groups in total. The first-order valence-electron chi connectivity index (χ1n) is 7.94. The Bertz CT molecular complexity index is 697. The molecular weight excluding hydrogens is 302 g/mol. The molecule has 24 heavy (non-hydrogen) atoms. The number of carbonyl (C=O) groups excluding carboxylic acids is 2. The molecule has 2 amide bonds. The van der Waals surface area contributed by atoms with Gasteiger partial charge in [0.15, 0.2) is 0 Å². The first kappa shape index (κ1) is 17.4. The van der Waals surface area contributed by atoms with E-state index in [-0.39, 0.29) is 18.4 Å². The van der Waals surface area contributed by atoms with Gasteiger partial charge >= 0.3 is 0 Å². The van der Waals surface area contributed by atoms with Crippen LogP contribution >= 0.6 is 0 Å². The van der Waals surface area contributed by atoms with E-state index in [1.165, 1.54) is 0 Å². The lowest BCUT2D eigenvalue weighted by Crippen LogP contribution is -2.35. The van der Waals surface area contributed by atoms with Crippen LogP contribution in [0.4, 0.5) is 0 Å². The van der Waals surface area contributed by atoms with Gasteiger partial charge in [0.2, 0.25) is 0 Å². The number of benzene rings is 2. The quantitative estimate of drug-likeness (QED) is 0.607. The average molecular weight is 323 g/mol. The predicted molar refractivity (Wildman–Crippen MR) is 94.8 cm³/mol. The predicted octanol–water partition coefficient (Wildman–Crippen LogP) is 2.74. The zero-order chi connectivity index (χ0) is 17.2. The Morgan fingerprint density at radius 2 is 1.50 bits per heavy atom. The third kappa shape index (κ3) is 5.35. The number of rotatable bonds is 7. The molecule has 0 atom stereocenters. The van der Waals surface area contributed by atoms with E-state index in [0.29, 0.717) is 5.56 Å². The van der Waals surface area contributed by atoms with E-state index in [1.807, 2.05) is 36.4 Å². The molecule has 2 aromatic carbocycles. The molecule has 5 nitrogen and oxygen atoms in total. The molecule has 0 aliphatic rings. The maximum atomic E-state index is 11.9. The van der Waals surface area contributed by atoms with Crippen LogP contribution in [-0.4, -0.2) is 24.1 Å². The SMILES string of the molecule is CCCC(=NNC(=O)CNC(=O)c1ccccc1)c1ccccc1. The fourth-order valence-corrected chi connectivity index (χ4v) is 2.15. The molecule has 0 saturated carbocycles. The van der Waals surface area contributed by atoms with E-state index in [4.69, 9.17) is 0 Å². The second-order valence-electron chi connectivity index (χ2n) is 5.26. The van der Waals surface area contributed by atoms with Gasteiger partial charge in [-0.3, -0.25) is 9.59 Å². The van der Waals surface area contributed by atoms with E-state index < -0.39 is 0 Å². The highest BCUT2D eigenvalue weighted by Crippen LogP contribution is 2.06. The summed E-state index contributed by atoms with van der Waals surface area (Å²) < 4.78 is 0. The van der Waals surface area contributed by atoms with Gasteiger partial charge < -0.3 is 5.32 Å². The van der Waals surface area contributed by atoms with Crippen LogP contribution in [-0.2, 0) is 4.79 Å². The Hall–Kier alpha value is -2.95. The van der Waals surface area contributed by atoms with Gasteiger partial charge in [0.1, 0.15) is 0 Å². The minimum absolute atomic E-state index is 0.120. The van der Waals surface area contributed by atoms with Crippen molar-refractivity contribution in [2.24, 2.45) is 5.10 Å². The second kappa shape index (κ2) is 9.25. The maximum absolute atomic E-state index is 11.9. The Balaban J connectivity index is 1.90. The Morgan fingerprint density at radius 3 is 2.08 bits per heavy atom. The number of carbonyl (C=O) groups is 2. The Labute approximate surface area is 141 Å². The molecule has 0 spiro atoms. The molecule has 0 fully saturated rings. The summed E-state index contributed by atoms with van der Waals surface area (Å²) in [6.45, 7) is 1.94. The number of hydrazone groups is 1. The first-order valence-corrected chi connectivity index (χ1v) is 7.94. The smallest absolute Gasteiger partial charge is 0.259 e. The second-order valence-corrected chi connectivity index (χ2v) is 5.26. The van der Waals surface area contributed by atoms with Gasteiger partial charge in [0.05, 0.1) is 12.3 Å². The topological polar surface area (TPSA) is 70.6 Å². The fourth-order valence-electron chi connectivity index (χ4n) is 2.15. The molecule has 0 aliphatic carbocycles. The molecule has 0 bridgehead atoms. The lowest BCUT2D eigenvalue weighted by Gasteiger charge is -2.07. The summed E-state index contributed by atoms with van der Waals surface area (Å²) in [7, 11) is 0. The van der Waals surface area contributed by atoms with E-state index in [9.17, 15) is 9.59 Å². The molecule has 0 aromatic heterocycles. The van der Waals surface area contributed by atoms with Crippen LogP contribution in [0.5, 0.6) is 0 Å². The summed E-state index contributed by atoms with van der Waals surface area (Å²) in [5.41, 5.74) is 4.83. The minimum atomic E-state index is -0.358. The van der Waals surface area contributed by atoms with Crippen molar-refractivity contribution in [2.75, 3.05) is 6.54 Å². The Kier molecular flexibility index (Phi) is 6.71. The lowest BCUT2D eigenvalue weighted by atomic mass is 10.1. The van der Waals surface area contributed by atoms with E-state index in [0.717, 1.165) is 24.1 Å². The molecule has 5 heteroatoms. The van der Waals surface area contributed by atoms with Crippen LogP contribution in [0.15, 0.2) is 65.8 Å². The van der Waals surface area contributed by atoms with Gasteiger partial charge in [-0.15, -0.1) is 0 Å². The van der Waals surface area contributed by atoms with Crippen molar-refractivity contribution in [1.29, 1.82) is 0 Å². The zero-order valence-electron chi connectivity index (χ0n) is 13.7. The molecule has 2 rings (SSSR count). The molecule has 0 unspecified atom stereocenters. The van der Waals surface area contributed by atoms with Crippen LogP contribution in [0.1, 0.15) is 35.7 Å². The van der Waals surface area contributed by atoms with E-state index in [2.05, 4.69) is 22.8 Å². The molecule has 0 heterocycles. The van der Waals surface area contributed by atoms with Crippen LogP contribution < -0.4 is 10.7 Å². The van der Waals surface area contributed by atoms with Crippen molar-refractivity contribution in [2.45, 2.75) is 19.8 Å². The largest absolute Gasteiger partial charge is 0.343 e. The third-order valence-electron chi connectivity index (χ3n) is 3.35. The van der Waals surface area contributed by atoms with E-state index in [1.54, 1.807) is 24.3 Å². The molecule has 124 valence electrons. The molecule has 0 saturated heterocycles. The van der Waals surface area contributed by atoms with Crippen LogP contribution in [0.2, 0.25) is 0 Å². The fraction of sp³-hybridized carbons (Fsp3) is 0.211. The van der Waals surface area contributed by atoms with Crippen LogP contribution in [0.3, 0.4) is 0 Å². The highest BCUT2D eigenvalue weighted by molar-refractivity contribution is 6.01. The molecule has 0 aliphatic heterocycles. The van der Waals surface area contributed by atoms with Crippen LogP contribution in [0, 0.1) is 0 Å². The molecular formula is C19H21N3O2. The highest BCUT2D eigenvalue weighted by atomic mass is 16.2. The van der Waals surface area contributed by atoms with Crippen molar-refractivity contribution in [1.82, 2.24) is 10.7 Å². The standard InChI is InChI=1S/C19H21N3O2/c1-2-9-17(15-10-5-3-6-11-15)21-22-18(23)14-20-19(24)16-12-7-4-8-13-16/h3-8,10-13H,2,9,14H2,1H3,(H,20,24)(H,22,23). The van der Waals surface area contributed by atoms with Gasteiger partial charge in [-0.25, -0.2) is 5.43 Å². The number of nitrogens with zero attached hydrogens (tertiary/aromatic N) is 1. The summed E-state index contributed by atoms with van der Waals surface area (Å²) in [4.78, 5) is 23.8. The van der Waals surface area contributed by atoms with Crippen LogP contribution in [0.25, 0.3) is 0 Å². The van der Waals surface area contributed by atoms with E-state index >= 15 is 0 Å². The first-order chi connectivity index (χ1) is 11.7. The molecule has 2 aromatic rings. The summed E-state index contributed by atoms with van der Waals surface area (Å²) in [5, 5.41) is 6.77. The van der Waals surface area contributed by atoms with Crippen molar-refractivity contribution in [3.63, 3.8) is 0 Å². The van der Waals surface area contributed by atoms with Gasteiger partial charge in [-0.05, 0) is 24.1 Å². The van der Waals surface area contributed by atoms with Gasteiger partial charge in [-0.1, -0.05) is 61.9 Å². The monoisotopic (exact) mass is 323 g/mol. The normalized spacial score (nSPS) is 11.0. The van der Waals surface area contributed by atoms with Crippen molar-refractivity contribution < 1.29 is 9.59 Å². The van der Waals surface area contributed by atoms with Gasteiger partial charge in [-0.2, -0.15) is 5.10 Å². The average Bonchev–Trinajstić information content (AvgIpc) is 2.64. The summed E-state index contributed by atoms with van der Waals surface area (Å²) in [5.74, 6) is -0.643. The highest BCUT2D eigenvalue weighted by Gasteiger charge is 2.08. The number of hydrogen-bond acceptors (Lipinski definition) is 3. The summed E-state index contributed by atoms with van der Waals surface area (Å²) >= 11 is 0. The summed E-state index contributed by atoms with van der Waals surface area (Å²) in [6.07, 6.45) is 1.69. The van der Waals surface area contributed by atoms with Gasteiger partial charge in [0, 0.05) is 5.56 Å². The lowest BCUT2D eigenvalue weighted by molar-refractivity contribution is -0.120. The molecule has 0 radical (unpaired) electrons. The van der Waals surface area contributed by atoms with Crippen molar-refractivity contribution in [3.8, 4) is 0 Å². The maximum Gasteiger partial charge on any atom is 0.259 e. The van der Waals surface area contributed by atoms with Gasteiger partial charge in [0.25, 0.3) is 11.8 Å². The number of amides is 2. The van der Waals surface area contributed by atoms with Crippen molar-refractivity contribution >= 4 is 17.5 Å². The number of nitrogens with one attached hydrogen (secondary N) is 2. The summed E-state index contributed by atoms with van der Waals surface area (Å²) in [6, 6.07) is 18.5. The zero-order valence-corrected chi connectivity index (χ0v) is 13.7. The van der Waals surface area contributed by atoms with Crippen molar-refractivity contribution in [3.05, 3.63) is 71.8 Å².